The molecule has 0 radical (unpaired) electrons. The standard InChI is InChI=1S/C19H23N5O5/c1-3-19(13-8-5-4-6-9-13)16(27)24(17(28)20-19)21-14(25)10-7-11-23-15(26)12-22(2)18(23)29/h4-6,8-9H,3,7,10-12H2,1-2H3,(H,20,28)(H,21,25)/t19-/m1/s1. The lowest BCUT2D eigenvalue weighted by atomic mass is 9.87. The van der Waals surface area contributed by atoms with Gasteiger partial charge in [0.05, 0.1) is 0 Å². The van der Waals surface area contributed by atoms with Crippen LogP contribution in [0, 0.1) is 0 Å². The fourth-order valence-corrected chi connectivity index (χ4v) is 3.51. The number of benzene rings is 1. The number of imide groups is 2. The average molecular weight is 401 g/mol. The molecule has 2 heterocycles. The molecule has 2 aliphatic heterocycles. The highest BCUT2D eigenvalue weighted by molar-refractivity contribution is 6.08. The molecule has 3 rings (SSSR count). The second-order valence-corrected chi connectivity index (χ2v) is 7.02. The van der Waals surface area contributed by atoms with Crippen molar-refractivity contribution in [1.82, 2.24) is 25.6 Å². The van der Waals surface area contributed by atoms with E-state index in [-0.39, 0.29) is 31.8 Å². The van der Waals surface area contributed by atoms with Gasteiger partial charge in [0.1, 0.15) is 12.1 Å². The van der Waals surface area contributed by atoms with Crippen molar-refractivity contribution in [2.75, 3.05) is 20.1 Å². The van der Waals surface area contributed by atoms with Crippen molar-refractivity contribution in [3.8, 4) is 0 Å². The van der Waals surface area contributed by atoms with Gasteiger partial charge in [-0.25, -0.2) is 9.59 Å². The van der Waals surface area contributed by atoms with Crippen LogP contribution >= 0.6 is 0 Å². The molecule has 29 heavy (non-hydrogen) atoms. The summed E-state index contributed by atoms with van der Waals surface area (Å²) in [6.45, 7) is 1.89. The first-order valence-electron chi connectivity index (χ1n) is 9.37. The van der Waals surface area contributed by atoms with Crippen LogP contribution in [0.5, 0.6) is 0 Å². The minimum absolute atomic E-state index is 0.0199. The number of carbonyl (C=O) groups excluding carboxylic acids is 5. The fraction of sp³-hybridized carbons (Fsp3) is 0.421. The maximum absolute atomic E-state index is 12.9. The second-order valence-electron chi connectivity index (χ2n) is 7.02. The van der Waals surface area contributed by atoms with E-state index in [1.54, 1.807) is 37.3 Å². The highest BCUT2D eigenvalue weighted by Gasteiger charge is 2.52. The molecule has 0 spiro atoms. The van der Waals surface area contributed by atoms with Crippen LogP contribution in [0.25, 0.3) is 0 Å². The van der Waals surface area contributed by atoms with Crippen molar-refractivity contribution in [1.29, 1.82) is 0 Å². The maximum Gasteiger partial charge on any atom is 0.344 e. The van der Waals surface area contributed by atoms with Gasteiger partial charge in [-0.3, -0.25) is 24.7 Å². The SMILES string of the molecule is CC[C@]1(c2ccccc2)NC(=O)N(NC(=O)CCCN2C(=O)CN(C)C2=O)C1=O. The Morgan fingerprint density at radius 1 is 1.17 bits per heavy atom. The van der Waals surface area contributed by atoms with Gasteiger partial charge in [0, 0.05) is 20.0 Å². The fourth-order valence-electron chi connectivity index (χ4n) is 3.51. The van der Waals surface area contributed by atoms with Gasteiger partial charge in [-0.05, 0) is 18.4 Å². The van der Waals surface area contributed by atoms with Crippen LogP contribution in [0.1, 0.15) is 31.7 Å². The van der Waals surface area contributed by atoms with Gasteiger partial charge in [-0.1, -0.05) is 37.3 Å². The summed E-state index contributed by atoms with van der Waals surface area (Å²) < 4.78 is 0. The van der Waals surface area contributed by atoms with Crippen LogP contribution in [0.3, 0.4) is 0 Å². The Bertz CT molecular complexity index is 858. The minimum Gasteiger partial charge on any atom is -0.318 e. The summed E-state index contributed by atoms with van der Waals surface area (Å²) in [4.78, 5) is 63.5. The highest BCUT2D eigenvalue weighted by atomic mass is 16.2. The van der Waals surface area contributed by atoms with E-state index in [1.807, 2.05) is 0 Å². The molecule has 0 aliphatic carbocycles. The van der Waals surface area contributed by atoms with Crippen LogP contribution in [0.15, 0.2) is 30.3 Å². The number of likely N-dealkylation sites (N-methyl/N-ethyl adjacent to an activating group) is 1. The molecule has 0 bridgehead atoms. The van der Waals surface area contributed by atoms with Gasteiger partial charge < -0.3 is 10.2 Å². The third kappa shape index (κ3) is 3.65. The molecule has 2 aliphatic rings. The lowest BCUT2D eigenvalue weighted by Crippen LogP contribution is -2.48. The predicted molar refractivity (Wildman–Crippen MR) is 101 cm³/mol. The van der Waals surface area contributed by atoms with Gasteiger partial charge in [0.25, 0.3) is 5.91 Å². The Labute approximate surface area is 167 Å². The monoisotopic (exact) mass is 401 g/mol. The summed E-state index contributed by atoms with van der Waals surface area (Å²) in [5, 5.41) is 3.37. The molecule has 1 aromatic rings. The first-order valence-corrected chi connectivity index (χ1v) is 9.37. The molecule has 1 atom stereocenters. The number of hydrogen-bond donors (Lipinski definition) is 2. The molecule has 154 valence electrons. The lowest BCUT2D eigenvalue weighted by Gasteiger charge is -2.25. The molecular formula is C19H23N5O5. The van der Waals surface area contributed by atoms with Gasteiger partial charge in [0.15, 0.2) is 0 Å². The van der Waals surface area contributed by atoms with E-state index in [0.717, 1.165) is 4.90 Å². The Kier molecular flexibility index (Phi) is 5.53. The van der Waals surface area contributed by atoms with Gasteiger partial charge in [0.2, 0.25) is 11.8 Å². The average Bonchev–Trinajstić information content (AvgIpc) is 3.10. The van der Waals surface area contributed by atoms with Crippen molar-refractivity contribution in [2.24, 2.45) is 0 Å². The van der Waals surface area contributed by atoms with E-state index >= 15 is 0 Å². The number of nitrogens with zero attached hydrogens (tertiary/aromatic N) is 3. The maximum atomic E-state index is 12.9. The first kappa shape index (κ1) is 20.3. The number of urea groups is 2. The molecule has 10 nitrogen and oxygen atoms in total. The normalized spacial score (nSPS) is 21.8. The quantitative estimate of drug-likeness (QED) is 0.647. The molecular weight excluding hydrogens is 378 g/mol. The van der Waals surface area contributed by atoms with Gasteiger partial charge >= 0.3 is 12.1 Å². The summed E-state index contributed by atoms with van der Waals surface area (Å²) in [7, 11) is 1.53. The van der Waals surface area contributed by atoms with Crippen molar-refractivity contribution in [3.05, 3.63) is 35.9 Å². The molecule has 2 fully saturated rings. The summed E-state index contributed by atoms with van der Waals surface area (Å²) in [5.41, 5.74) is 1.73. The Balaban J connectivity index is 1.59. The molecule has 7 amide bonds. The minimum atomic E-state index is -1.23. The molecule has 1 aromatic carbocycles. The van der Waals surface area contributed by atoms with Crippen molar-refractivity contribution < 1.29 is 24.0 Å². The van der Waals surface area contributed by atoms with E-state index in [4.69, 9.17) is 0 Å². The summed E-state index contributed by atoms with van der Waals surface area (Å²) >= 11 is 0. The van der Waals surface area contributed by atoms with Crippen LogP contribution in [-0.2, 0) is 19.9 Å². The molecule has 0 aromatic heterocycles. The second kappa shape index (κ2) is 7.90. The largest absolute Gasteiger partial charge is 0.344 e. The highest BCUT2D eigenvalue weighted by Crippen LogP contribution is 2.31. The smallest absolute Gasteiger partial charge is 0.318 e. The first-order chi connectivity index (χ1) is 13.8. The number of hydrazine groups is 1. The summed E-state index contributed by atoms with van der Waals surface area (Å²) in [6.07, 6.45) is 0.487. The molecule has 10 heteroatoms. The Hall–Kier alpha value is -3.43. The number of carbonyl (C=O) groups is 5. The third-order valence-electron chi connectivity index (χ3n) is 5.14. The molecule has 2 N–H and O–H groups in total. The van der Waals surface area contributed by atoms with Crippen molar-refractivity contribution in [3.63, 3.8) is 0 Å². The van der Waals surface area contributed by atoms with E-state index in [1.165, 1.54) is 11.9 Å². The molecule has 2 saturated heterocycles. The van der Waals surface area contributed by atoms with E-state index < -0.39 is 29.4 Å². The Morgan fingerprint density at radius 2 is 1.86 bits per heavy atom. The number of rotatable bonds is 7. The topological polar surface area (TPSA) is 119 Å². The van der Waals surface area contributed by atoms with Gasteiger partial charge in [-0.15, -0.1) is 0 Å². The number of hydrogen-bond acceptors (Lipinski definition) is 5. The summed E-state index contributed by atoms with van der Waals surface area (Å²) in [6, 6.07) is 7.72. The number of amides is 7. The van der Waals surface area contributed by atoms with Crippen LogP contribution in [0.4, 0.5) is 9.59 Å². The zero-order valence-corrected chi connectivity index (χ0v) is 16.3. The summed E-state index contributed by atoms with van der Waals surface area (Å²) in [5.74, 6) is -1.43. The molecule has 0 unspecified atom stereocenters. The predicted octanol–water partition coefficient (Wildman–Crippen LogP) is 0.549. The van der Waals surface area contributed by atoms with Crippen molar-refractivity contribution in [2.45, 2.75) is 31.7 Å². The lowest BCUT2D eigenvalue weighted by molar-refractivity contribution is -0.139. The zero-order valence-electron chi connectivity index (χ0n) is 16.3. The van der Waals surface area contributed by atoms with E-state index in [0.29, 0.717) is 17.0 Å². The van der Waals surface area contributed by atoms with Crippen molar-refractivity contribution >= 4 is 29.8 Å². The van der Waals surface area contributed by atoms with E-state index in [9.17, 15) is 24.0 Å². The van der Waals surface area contributed by atoms with Gasteiger partial charge in [-0.2, -0.15) is 5.01 Å². The van der Waals surface area contributed by atoms with Crippen LogP contribution in [-0.4, -0.2) is 64.7 Å². The zero-order chi connectivity index (χ0) is 21.2. The Morgan fingerprint density at radius 3 is 2.45 bits per heavy atom. The third-order valence-corrected chi connectivity index (χ3v) is 5.14. The number of nitrogens with one attached hydrogen (secondary N) is 2. The van der Waals surface area contributed by atoms with Crippen LogP contribution in [0.2, 0.25) is 0 Å². The van der Waals surface area contributed by atoms with E-state index in [2.05, 4.69) is 10.7 Å². The van der Waals surface area contributed by atoms with Crippen LogP contribution < -0.4 is 10.7 Å². The molecule has 0 saturated carbocycles.